The molecule has 0 aliphatic carbocycles. The molecule has 3 rings (SSSR count). The summed E-state index contributed by atoms with van der Waals surface area (Å²) >= 11 is 0. The van der Waals surface area contributed by atoms with Gasteiger partial charge in [0.1, 0.15) is 5.75 Å². The van der Waals surface area contributed by atoms with E-state index in [0.717, 1.165) is 18.8 Å². The number of fused-ring (bicyclic) bond motifs is 2. The van der Waals surface area contributed by atoms with E-state index in [1.54, 1.807) is 0 Å². The van der Waals surface area contributed by atoms with Gasteiger partial charge in [0, 0.05) is 10.8 Å². The third-order valence-corrected chi connectivity index (χ3v) is 4.21. The summed E-state index contributed by atoms with van der Waals surface area (Å²) in [4.78, 5) is 0. The molecule has 0 spiro atoms. The average molecular weight is 292 g/mol. The van der Waals surface area contributed by atoms with Crippen molar-refractivity contribution in [3.05, 3.63) is 54.1 Å². The Hall–Kier alpha value is -2.02. The Labute approximate surface area is 132 Å². The van der Waals surface area contributed by atoms with Crippen LogP contribution in [0.25, 0.3) is 21.5 Å². The Balaban J connectivity index is 2.00. The van der Waals surface area contributed by atoms with Gasteiger partial charge < -0.3 is 4.74 Å². The van der Waals surface area contributed by atoms with E-state index in [4.69, 9.17) is 4.74 Å². The Morgan fingerprint density at radius 3 is 2.50 bits per heavy atom. The zero-order valence-corrected chi connectivity index (χ0v) is 13.6. The first-order valence-corrected chi connectivity index (χ1v) is 8.34. The van der Waals surface area contributed by atoms with Crippen molar-refractivity contribution in [2.24, 2.45) is 0 Å². The molecular formula is C21H24O. The number of hydrogen-bond donors (Lipinski definition) is 0. The lowest BCUT2D eigenvalue weighted by atomic mass is 10.0. The minimum absolute atomic E-state index is 0.803. The predicted molar refractivity (Wildman–Crippen MR) is 95.8 cm³/mol. The minimum atomic E-state index is 0.803. The van der Waals surface area contributed by atoms with Crippen molar-refractivity contribution >= 4 is 21.5 Å². The molecule has 3 aromatic carbocycles. The highest BCUT2D eigenvalue weighted by atomic mass is 16.5. The fraction of sp³-hybridized carbons (Fsp3) is 0.333. The van der Waals surface area contributed by atoms with Crippen molar-refractivity contribution < 1.29 is 4.74 Å². The van der Waals surface area contributed by atoms with Gasteiger partial charge in [-0.2, -0.15) is 0 Å². The summed E-state index contributed by atoms with van der Waals surface area (Å²) in [7, 11) is 0. The normalized spacial score (nSPS) is 11.2. The highest BCUT2D eigenvalue weighted by molar-refractivity contribution is 6.05. The molecule has 0 aliphatic heterocycles. The van der Waals surface area contributed by atoms with Crippen molar-refractivity contribution in [2.45, 2.75) is 39.5 Å². The number of rotatable bonds is 6. The topological polar surface area (TPSA) is 9.23 Å². The van der Waals surface area contributed by atoms with Gasteiger partial charge in [-0.3, -0.25) is 0 Å². The molecule has 0 heterocycles. The van der Waals surface area contributed by atoms with Crippen LogP contribution in [0.3, 0.4) is 0 Å². The molecule has 0 bridgehead atoms. The van der Waals surface area contributed by atoms with E-state index in [0.29, 0.717) is 0 Å². The van der Waals surface area contributed by atoms with Crippen LogP contribution in [-0.4, -0.2) is 6.61 Å². The molecule has 0 unspecified atom stereocenters. The van der Waals surface area contributed by atoms with Gasteiger partial charge in [0.25, 0.3) is 0 Å². The number of aryl methyl sites for hydroxylation is 1. The van der Waals surface area contributed by atoms with Crippen molar-refractivity contribution in [3.63, 3.8) is 0 Å². The lowest BCUT2D eigenvalue weighted by molar-refractivity contribution is 0.312. The zero-order valence-electron chi connectivity index (χ0n) is 13.6. The second-order valence-electron chi connectivity index (χ2n) is 6.06. The summed E-state index contributed by atoms with van der Waals surface area (Å²) in [5, 5.41) is 4.96. The van der Waals surface area contributed by atoms with E-state index in [1.807, 2.05) is 0 Å². The summed E-state index contributed by atoms with van der Waals surface area (Å²) in [6.07, 6.45) is 4.93. The lowest BCUT2D eigenvalue weighted by Crippen LogP contribution is -1.99. The number of unbranched alkanes of at least 4 members (excludes halogenated alkanes) is 3. The Bertz CT molecular complexity index is 773. The van der Waals surface area contributed by atoms with Gasteiger partial charge in [-0.05, 0) is 36.2 Å². The standard InChI is InChI=1S/C21H24O/c1-3-4-5-8-13-22-21-19-10-7-6-9-17(19)15-18-12-11-16(2)14-20(18)21/h6-7,9-12,14-15H,3-5,8,13H2,1-2H3. The van der Waals surface area contributed by atoms with Crippen molar-refractivity contribution in [3.8, 4) is 5.75 Å². The molecule has 0 N–H and O–H groups in total. The Morgan fingerprint density at radius 2 is 1.64 bits per heavy atom. The van der Waals surface area contributed by atoms with Gasteiger partial charge in [-0.1, -0.05) is 68.1 Å². The van der Waals surface area contributed by atoms with Crippen LogP contribution >= 0.6 is 0 Å². The molecule has 0 amide bonds. The van der Waals surface area contributed by atoms with Crippen LogP contribution in [0.1, 0.15) is 38.2 Å². The number of ether oxygens (including phenoxy) is 1. The highest BCUT2D eigenvalue weighted by Gasteiger charge is 2.09. The summed E-state index contributed by atoms with van der Waals surface area (Å²) in [6, 6.07) is 17.4. The van der Waals surface area contributed by atoms with Gasteiger partial charge in [-0.15, -0.1) is 0 Å². The number of hydrogen-bond acceptors (Lipinski definition) is 1. The Morgan fingerprint density at radius 1 is 0.818 bits per heavy atom. The molecule has 1 heteroatoms. The molecule has 0 aliphatic rings. The van der Waals surface area contributed by atoms with Crippen LogP contribution in [0.4, 0.5) is 0 Å². The molecular weight excluding hydrogens is 268 g/mol. The third kappa shape index (κ3) is 3.09. The highest BCUT2D eigenvalue weighted by Crippen LogP contribution is 2.35. The molecule has 0 saturated carbocycles. The largest absolute Gasteiger partial charge is 0.492 e. The third-order valence-electron chi connectivity index (χ3n) is 4.21. The summed E-state index contributed by atoms with van der Waals surface area (Å²) in [6.45, 7) is 5.18. The SMILES string of the molecule is CCCCCCOc1c2ccccc2cc2ccc(C)cc12. The van der Waals surface area contributed by atoms with Gasteiger partial charge in [-0.25, -0.2) is 0 Å². The summed E-state index contributed by atoms with van der Waals surface area (Å²) in [5.41, 5.74) is 1.28. The van der Waals surface area contributed by atoms with E-state index in [2.05, 4.69) is 62.4 Å². The average Bonchev–Trinajstić information content (AvgIpc) is 2.54. The van der Waals surface area contributed by atoms with E-state index in [9.17, 15) is 0 Å². The fourth-order valence-electron chi connectivity index (χ4n) is 2.99. The van der Waals surface area contributed by atoms with E-state index < -0.39 is 0 Å². The first-order valence-electron chi connectivity index (χ1n) is 8.34. The first-order chi connectivity index (χ1) is 10.8. The zero-order chi connectivity index (χ0) is 15.4. The molecule has 0 saturated heterocycles. The van der Waals surface area contributed by atoms with Crippen molar-refractivity contribution in [2.75, 3.05) is 6.61 Å². The van der Waals surface area contributed by atoms with Gasteiger partial charge in [0.05, 0.1) is 6.61 Å². The van der Waals surface area contributed by atoms with Crippen LogP contribution in [-0.2, 0) is 0 Å². The fourth-order valence-corrected chi connectivity index (χ4v) is 2.99. The minimum Gasteiger partial charge on any atom is -0.492 e. The predicted octanol–water partition coefficient (Wildman–Crippen LogP) is 6.26. The molecule has 0 fully saturated rings. The van der Waals surface area contributed by atoms with Crippen LogP contribution in [0.15, 0.2) is 48.5 Å². The second-order valence-corrected chi connectivity index (χ2v) is 6.06. The smallest absolute Gasteiger partial charge is 0.134 e. The van der Waals surface area contributed by atoms with E-state index in [-0.39, 0.29) is 0 Å². The lowest BCUT2D eigenvalue weighted by Gasteiger charge is -2.13. The molecule has 0 aromatic heterocycles. The molecule has 3 aromatic rings. The summed E-state index contributed by atoms with van der Waals surface area (Å²) < 4.78 is 6.23. The van der Waals surface area contributed by atoms with E-state index >= 15 is 0 Å². The van der Waals surface area contributed by atoms with Crippen molar-refractivity contribution in [1.82, 2.24) is 0 Å². The molecule has 0 radical (unpaired) electrons. The molecule has 0 atom stereocenters. The van der Waals surface area contributed by atoms with Gasteiger partial charge >= 0.3 is 0 Å². The maximum absolute atomic E-state index is 6.23. The van der Waals surface area contributed by atoms with Crippen LogP contribution in [0.5, 0.6) is 5.75 Å². The first kappa shape index (κ1) is 14.9. The molecule has 1 nitrogen and oxygen atoms in total. The van der Waals surface area contributed by atoms with Crippen LogP contribution in [0, 0.1) is 6.92 Å². The second kappa shape index (κ2) is 6.83. The number of benzene rings is 3. The van der Waals surface area contributed by atoms with Crippen LogP contribution in [0.2, 0.25) is 0 Å². The van der Waals surface area contributed by atoms with Gasteiger partial charge in [0.15, 0.2) is 0 Å². The maximum Gasteiger partial charge on any atom is 0.134 e. The maximum atomic E-state index is 6.23. The molecule has 114 valence electrons. The summed E-state index contributed by atoms with van der Waals surface area (Å²) in [5.74, 6) is 1.05. The Kier molecular flexibility index (Phi) is 4.62. The molecule has 22 heavy (non-hydrogen) atoms. The van der Waals surface area contributed by atoms with Crippen molar-refractivity contribution in [1.29, 1.82) is 0 Å². The quantitative estimate of drug-likeness (QED) is 0.385. The van der Waals surface area contributed by atoms with Crippen LogP contribution < -0.4 is 4.74 Å². The van der Waals surface area contributed by atoms with Gasteiger partial charge in [0.2, 0.25) is 0 Å². The van der Waals surface area contributed by atoms with E-state index in [1.165, 1.54) is 46.4 Å². The monoisotopic (exact) mass is 292 g/mol.